The van der Waals surface area contributed by atoms with Crippen LogP contribution < -0.4 is 24.8 Å². The number of carbonyl (C=O) groups is 2. The third-order valence-electron chi connectivity index (χ3n) is 6.46. The third-order valence-corrected chi connectivity index (χ3v) is 8.46. The molecule has 0 aliphatic carbocycles. The molecule has 0 bridgehead atoms. The second-order valence-corrected chi connectivity index (χ2v) is 11.2. The van der Waals surface area contributed by atoms with Crippen molar-refractivity contribution in [2.75, 3.05) is 32.0 Å². The number of para-hydroxylation sites is 1. The average molecular weight is 612 g/mol. The molecule has 218 valence electrons. The molecule has 0 aliphatic rings. The zero-order chi connectivity index (χ0) is 30.2. The Morgan fingerprint density at radius 1 is 0.767 bits per heavy atom. The van der Waals surface area contributed by atoms with Gasteiger partial charge in [-0.1, -0.05) is 54.6 Å². The highest BCUT2D eigenvalue weighted by Gasteiger charge is 2.24. The minimum Gasteiger partial charge on any atom is -0.496 e. The highest BCUT2D eigenvalue weighted by atomic mass is 32.2. The van der Waals surface area contributed by atoms with Gasteiger partial charge in [-0.25, -0.2) is 4.98 Å². The van der Waals surface area contributed by atoms with Crippen LogP contribution in [0.5, 0.6) is 17.2 Å². The summed E-state index contributed by atoms with van der Waals surface area (Å²) in [7, 11) is 4.62. The molecule has 1 aromatic heterocycles. The summed E-state index contributed by atoms with van der Waals surface area (Å²) in [5.74, 6) is 0.923. The molecule has 1 unspecified atom stereocenters. The molecule has 0 aliphatic heterocycles. The molecule has 8 nitrogen and oxygen atoms in total. The maximum absolute atomic E-state index is 13.7. The fourth-order valence-electron chi connectivity index (χ4n) is 4.43. The number of nitrogens with one attached hydrogen (secondary N) is 2. The number of aromatic nitrogens is 1. The maximum Gasteiger partial charge on any atom is 0.263 e. The monoisotopic (exact) mass is 611 g/mol. The van der Waals surface area contributed by atoms with E-state index in [1.807, 2.05) is 78.2 Å². The van der Waals surface area contributed by atoms with Gasteiger partial charge in [0.1, 0.15) is 28.1 Å². The molecule has 2 amide bonds. The molecule has 0 radical (unpaired) electrons. The zero-order valence-corrected chi connectivity index (χ0v) is 25.3. The number of hydrogen-bond acceptors (Lipinski definition) is 8. The number of methoxy groups -OCH3 is 3. The summed E-state index contributed by atoms with van der Waals surface area (Å²) in [5.41, 5.74) is 3.26. The highest BCUT2D eigenvalue weighted by Crippen LogP contribution is 2.38. The maximum atomic E-state index is 13.7. The van der Waals surface area contributed by atoms with Crippen LogP contribution >= 0.6 is 23.1 Å². The first-order valence-electron chi connectivity index (χ1n) is 13.2. The number of anilines is 2. The van der Waals surface area contributed by atoms with E-state index in [0.29, 0.717) is 33.6 Å². The quantitative estimate of drug-likeness (QED) is 0.149. The van der Waals surface area contributed by atoms with Gasteiger partial charge in [0.2, 0.25) is 5.91 Å². The van der Waals surface area contributed by atoms with Crippen LogP contribution in [0.3, 0.4) is 0 Å². The van der Waals surface area contributed by atoms with Crippen molar-refractivity contribution in [1.29, 1.82) is 0 Å². The Balaban J connectivity index is 1.36. The van der Waals surface area contributed by atoms with Crippen molar-refractivity contribution in [2.45, 2.75) is 10.1 Å². The lowest BCUT2D eigenvalue weighted by Crippen LogP contribution is -2.19. The number of benzene rings is 4. The summed E-state index contributed by atoms with van der Waals surface area (Å²) in [6, 6.07) is 29.7. The standard InChI is InChI=1S/C33H29N3O5S2/c1-39-26-16-8-7-15-24(26)25-20-42-33(35-25)36-32(38)30(21-11-5-4-6-12-21)43-23-14-9-13-22(19-23)34-31(37)29-27(40-2)17-10-18-28(29)41-3/h4-20,30H,1-3H3,(H,34,37)(H,35,36,38). The van der Waals surface area contributed by atoms with Gasteiger partial charge in [0.05, 0.1) is 27.0 Å². The van der Waals surface area contributed by atoms with Crippen LogP contribution in [0.1, 0.15) is 21.2 Å². The predicted molar refractivity (Wildman–Crippen MR) is 172 cm³/mol. The number of rotatable bonds is 11. The second-order valence-electron chi connectivity index (χ2n) is 9.16. The number of ether oxygens (including phenoxy) is 3. The van der Waals surface area contributed by atoms with E-state index in [4.69, 9.17) is 14.2 Å². The molecular weight excluding hydrogens is 583 g/mol. The van der Waals surface area contributed by atoms with E-state index in [1.54, 1.807) is 31.4 Å². The summed E-state index contributed by atoms with van der Waals surface area (Å²) >= 11 is 2.72. The van der Waals surface area contributed by atoms with E-state index in [9.17, 15) is 9.59 Å². The van der Waals surface area contributed by atoms with Crippen LogP contribution in [0, 0.1) is 0 Å². The SMILES string of the molecule is COc1ccccc1-c1csc(NC(=O)C(Sc2cccc(NC(=O)c3c(OC)cccc3OC)c2)c2ccccc2)n1. The number of carbonyl (C=O) groups excluding carboxylic acids is 2. The Labute approximate surface area is 258 Å². The van der Waals surface area contributed by atoms with Gasteiger partial charge in [-0.15, -0.1) is 23.1 Å². The van der Waals surface area contributed by atoms with Crippen molar-refractivity contribution in [2.24, 2.45) is 0 Å². The lowest BCUT2D eigenvalue weighted by atomic mass is 10.1. The number of hydrogen-bond donors (Lipinski definition) is 2. The smallest absolute Gasteiger partial charge is 0.263 e. The van der Waals surface area contributed by atoms with Gasteiger partial charge in [-0.05, 0) is 48.0 Å². The molecule has 2 N–H and O–H groups in total. The highest BCUT2D eigenvalue weighted by molar-refractivity contribution is 8.00. The lowest BCUT2D eigenvalue weighted by molar-refractivity contribution is -0.115. The van der Waals surface area contributed by atoms with Crippen molar-refractivity contribution in [3.63, 3.8) is 0 Å². The molecule has 10 heteroatoms. The molecule has 0 spiro atoms. The molecule has 4 aromatic carbocycles. The first-order valence-corrected chi connectivity index (χ1v) is 15.0. The van der Waals surface area contributed by atoms with Gasteiger partial charge in [0.25, 0.3) is 5.91 Å². The van der Waals surface area contributed by atoms with Crippen LogP contribution in [0.2, 0.25) is 0 Å². The van der Waals surface area contributed by atoms with Gasteiger partial charge >= 0.3 is 0 Å². The van der Waals surface area contributed by atoms with Gasteiger partial charge in [-0.2, -0.15) is 0 Å². The number of nitrogens with zero attached hydrogens (tertiary/aromatic N) is 1. The fourth-order valence-corrected chi connectivity index (χ4v) is 6.23. The summed E-state index contributed by atoms with van der Waals surface area (Å²) < 4.78 is 16.2. The van der Waals surface area contributed by atoms with Crippen molar-refractivity contribution in [3.8, 4) is 28.5 Å². The molecule has 1 heterocycles. The van der Waals surface area contributed by atoms with Gasteiger partial charge in [0.15, 0.2) is 5.13 Å². The van der Waals surface area contributed by atoms with Crippen molar-refractivity contribution in [3.05, 3.63) is 114 Å². The molecule has 0 saturated heterocycles. The van der Waals surface area contributed by atoms with Crippen LogP contribution in [-0.2, 0) is 4.79 Å². The van der Waals surface area contributed by atoms with E-state index >= 15 is 0 Å². The molecular formula is C33H29N3O5S2. The summed E-state index contributed by atoms with van der Waals surface area (Å²) in [6.45, 7) is 0. The average Bonchev–Trinajstić information content (AvgIpc) is 3.51. The normalized spacial score (nSPS) is 11.3. The summed E-state index contributed by atoms with van der Waals surface area (Å²) in [6.07, 6.45) is 0. The fraction of sp³-hybridized carbons (Fsp3) is 0.121. The molecule has 43 heavy (non-hydrogen) atoms. The molecule has 1 atom stereocenters. The van der Waals surface area contributed by atoms with Gasteiger partial charge < -0.3 is 24.8 Å². The topological polar surface area (TPSA) is 98.8 Å². The third kappa shape index (κ3) is 6.99. The zero-order valence-electron chi connectivity index (χ0n) is 23.7. The predicted octanol–water partition coefficient (Wildman–Crippen LogP) is 7.56. The largest absolute Gasteiger partial charge is 0.496 e. The summed E-state index contributed by atoms with van der Waals surface area (Å²) in [4.78, 5) is 32.4. The van der Waals surface area contributed by atoms with Crippen LogP contribution in [-0.4, -0.2) is 38.1 Å². The first-order chi connectivity index (χ1) is 21.0. The van der Waals surface area contributed by atoms with E-state index in [-0.39, 0.29) is 11.8 Å². The molecule has 0 fully saturated rings. The van der Waals surface area contributed by atoms with E-state index in [0.717, 1.165) is 21.7 Å². The number of amides is 2. The molecule has 5 rings (SSSR count). The van der Waals surface area contributed by atoms with Gasteiger partial charge in [0, 0.05) is 21.5 Å². The van der Waals surface area contributed by atoms with Crippen LogP contribution in [0.15, 0.2) is 107 Å². The second kappa shape index (κ2) is 13.9. The van der Waals surface area contributed by atoms with Gasteiger partial charge in [-0.3, -0.25) is 9.59 Å². The Bertz CT molecular complexity index is 1700. The van der Waals surface area contributed by atoms with Crippen molar-refractivity contribution in [1.82, 2.24) is 4.98 Å². The number of thioether (sulfide) groups is 1. The minimum atomic E-state index is -0.583. The Kier molecular flexibility index (Phi) is 9.60. The first kappa shape index (κ1) is 29.7. The molecule has 0 saturated carbocycles. The van der Waals surface area contributed by atoms with E-state index in [2.05, 4.69) is 15.6 Å². The lowest BCUT2D eigenvalue weighted by Gasteiger charge is -2.17. The Hall–Kier alpha value is -4.80. The van der Waals surface area contributed by atoms with Crippen molar-refractivity contribution >= 4 is 45.7 Å². The minimum absolute atomic E-state index is 0.217. The Morgan fingerprint density at radius 3 is 2.14 bits per heavy atom. The van der Waals surface area contributed by atoms with E-state index in [1.165, 1.54) is 37.3 Å². The van der Waals surface area contributed by atoms with E-state index < -0.39 is 5.25 Å². The Morgan fingerprint density at radius 2 is 1.42 bits per heavy atom. The number of thiazole rings is 1. The van der Waals surface area contributed by atoms with Crippen molar-refractivity contribution < 1.29 is 23.8 Å². The van der Waals surface area contributed by atoms with Crippen LogP contribution in [0.4, 0.5) is 10.8 Å². The summed E-state index contributed by atoms with van der Waals surface area (Å²) in [5, 5.41) is 7.71. The van der Waals surface area contributed by atoms with Crippen LogP contribution in [0.25, 0.3) is 11.3 Å². The molecule has 5 aromatic rings.